The van der Waals surface area contributed by atoms with Gasteiger partial charge in [-0.05, 0) is 81.0 Å². The lowest BCUT2D eigenvalue weighted by Gasteiger charge is -2.37. The van der Waals surface area contributed by atoms with Crippen molar-refractivity contribution in [2.24, 2.45) is 0 Å². The van der Waals surface area contributed by atoms with Crippen molar-refractivity contribution >= 4 is 29.2 Å². The van der Waals surface area contributed by atoms with Crippen LogP contribution >= 0.6 is 11.6 Å². The van der Waals surface area contributed by atoms with E-state index in [4.69, 9.17) is 11.6 Å². The van der Waals surface area contributed by atoms with Crippen LogP contribution in [0.3, 0.4) is 0 Å². The molecule has 1 aromatic heterocycles. The smallest absolute Gasteiger partial charge is 0.255 e. The minimum absolute atomic E-state index is 0.0298. The fourth-order valence-electron chi connectivity index (χ4n) is 5.82. The van der Waals surface area contributed by atoms with Crippen molar-refractivity contribution < 1.29 is 14.0 Å². The van der Waals surface area contributed by atoms with Gasteiger partial charge in [-0.3, -0.25) is 9.59 Å². The molecular weight excluding hydrogens is 517 g/mol. The molecule has 1 saturated heterocycles. The van der Waals surface area contributed by atoms with Crippen LogP contribution in [0.2, 0.25) is 5.02 Å². The molecule has 39 heavy (non-hydrogen) atoms. The maximum atomic E-state index is 13.8. The number of piperidine rings is 1. The lowest BCUT2D eigenvalue weighted by Crippen LogP contribution is -2.46. The summed E-state index contributed by atoms with van der Waals surface area (Å²) in [7, 11) is 3.58. The summed E-state index contributed by atoms with van der Waals surface area (Å²) in [6.45, 7) is 5.52. The van der Waals surface area contributed by atoms with Crippen LogP contribution in [-0.2, 0) is 6.42 Å². The van der Waals surface area contributed by atoms with Gasteiger partial charge in [-0.15, -0.1) is 0 Å². The highest BCUT2D eigenvalue weighted by Crippen LogP contribution is 2.37. The number of fused-ring (bicyclic) bond motifs is 1. The summed E-state index contributed by atoms with van der Waals surface area (Å²) in [5, 5.41) is 0.216. The quantitative estimate of drug-likeness (QED) is 0.427. The van der Waals surface area contributed by atoms with Crippen molar-refractivity contribution in [3.8, 4) is 0 Å². The molecule has 0 bridgehead atoms. The van der Waals surface area contributed by atoms with E-state index >= 15 is 0 Å². The number of aryl methyl sites for hydroxylation is 3. The van der Waals surface area contributed by atoms with Crippen molar-refractivity contribution in [3.05, 3.63) is 87.1 Å². The minimum atomic E-state index is -0.507. The van der Waals surface area contributed by atoms with E-state index in [1.807, 2.05) is 50.1 Å². The summed E-state index contributed by atoms with van der Waals surface area (Å²) in [6.07, 6.45) is 3.24. The fourth-order valence-corrected chi connectivity index (χ4v) is 6.02. The Bertz CT molecular complexity index is 1400. The van der Waals surface area contributed by atoms with Crippen LogP contribution in [0.1, 0.15) is 68.7 Å². The Balaban J connectivity index is 1.28. The molecule has 2 heterocycles. The molecule has 1 fully saturated rings. The molecule has 2 aromatic carbocycles. The Morgan fingerprint density at radius 1 is 0.949 bits per heavy atom. The van der Waals surface area contributed by atoms with Gasteiger partial charge in [0, 0.05) is 50.6 Å². The summed E-state index contributed by atoms with van der Waals surface area (Å²) in [6, 6.07) is 11.5. The number of amides is 2. The van der Waals surface area contributed by atoms with Crippen molar-refractivity contribution in [3.63, 3.8) is 0 Å². The molecule has 3 aromatic rings. The Morgan fingerprint density at radius 2 is 1.69 bits per heavy atom. The van der Waals surface area contributed by atoms with Gasteiger partial charge in [0.15, 0.2) is 0 Å². The van der Waals surface area contributed by atoms with E-state index in [-0.39, 0.29) is 34.5 Å². The number of carbonyl (C=O) groups is 2. The van der Waals surface area contributed by atoms with Crippen LogP contribution in [0.5, 0.6) is 0 Å². The zero-order valence-electron chi connectivity index (χ0n) is 22.7. The number of hydrogen-bond donors (Lipinski definition) is 0. The maximum absolute atomic E-state index is 13.8. The van der Waals surface area contributed by atoms with Crippen molar-refractivity contribution in [1.29, 1.82) is 0 Å². The normalized spacial score (nSPS) is 17.2. The highest BCUT2D eigenvalue weighted by atomic mass is 35.5. The van der Waals surface area contributed by atoms with Crippen molar-refractivity contribution in [2.75, 3.05) is 32.1 Å². The van der Waals surface area contributed by atoms with Gasteiger partial charge in [-0.2, -0.15) is 0 Å². The zero-order chi connectivity index (χ0) is 27.8. The third-order valence-electron chi connectivity index (χ3n) is 7.99. The molecule has 2 aliphatic rings. The second-order valence-electron chi connectivity index (χ2n) is 10.6. The Morgan fingerprint density at radius 3 is 2.41 bits per heavy atom. The average Bonchev–Trinajstić information content (AvgIpc) is 3.35. The third-order valence-corrected chi connectivity index (χ3v) is 8.32. The predicted octanol–water partition coefficient (Wildman–Crippen LogP) is 5.39. The SMILES string of the molecule is Cc1cc(N2CCC(N(C)C(=O)c3ccc4c(c3)[C@H](N(C)C(=O)c3cc(F)ccc3Cl)CC4)CC2)nc(C)n1. The van der Waals surface area contributed by atoms with E-state index in [0.29, 0.717) is 5.56 Å². The summed E-state index contributed by atoms with van der Waals surface area (Å²) in [4.78, 5) is 41.4. The van der Waals surface area contributed by atoms with E-state index in [1.54, 1.807) is 11.9 Å². The second kappa shape index (κ2) is 10.9. The van der Waals surface area contributed by atoms with E-state index in [1.165, 1.54) is 18.2 Å². The van der Waals surface area contributed by atoms with E-state index in [0.717, 1.165) is 67.2 Å². The lowest BCUT2D eigenvalue weighted by molar-refractivity contribution is 0.0709. The molecule has 7 nitrogen and oxygen atoms in total. The van der Waals surface area contributed by atoms with Gasteiger partial charge < -0.3 is 14.7 Å². The number of rotatable bonds is 5. The van der Waals surface area contributed by atoms with E-state index in [2.05, 4.69) is 14.9 Å². The van der Waals surface area contributed by atoms with Crippen molar-refractivity contribution in [1.82, 2.24) is 19.8 Å². The molecular formula is C30H33ClFN5O2. The molecule has 204 valence electrons. The molecule has 0 unspecified atom stereocenters. The monoisotopic (exact) mass is 549 g/mol. The highest BCUT2D eigenvalue weighted by Gasteiger charge is 2.32. The Hall–Kier alpha value is -3.52. The van der Waals surface area contributed by atoms with Crippen LogP contribution < -0.4 is 4.90 Å². The Kier molecular flexibility index (Phi) is 7.58. The van der Waals surface area contributed by atoms with Crippen LogP contribution in [-0.4, -0.2) is 64.8 Å². The second-order valence-corrected chi connectivity index (χ2v) is 11.0. The summed E-state index contributed by atoms with van der Waals surface area (Å²) in [5.74, 6) is 0.827. The number of aromatic nitrogens is 2. The topological polar surface area (TPSA) is 69.6 Å². The number of carbonyl (C=O) groups excluding carboxylic acids is 2. The zero-order valence-corrected chi connectivity index (χ0v) is 23.5. The molecule has 1 aliphatic carbocycles. The largest absolute Gasteiger partial charge is 0.356 e. The molecule has 1 atom stereocenters. The average molecular weight is 550 g/mol. The van der Waals surface area contributed by atoms with Gasteiger partial charge >= 0.3 is 0 Å². The molecule has 2 amide bonds. The fraction of sp³-hybridized carbons (Fsp3) is 0.400. The van der Waals surface area contributed by atoms with Gasteiger partial charge in [0.2, 0.25) is 0 Å². The van der Waals surface area contributed by atoms with Gasteiger partial charge in [0.1, 0.15) is 17.5 Å². The number of benzene rings is 2. The molecule has 1 aliphatic heterocycles. The van der Waals surface area contributed by atoms with Crippen molar-refractivity contribution in [2.45, 2.75) is 51.6 Å². The molecule has 0 spiro atoms. The first-order valence-electron chi connectivity index (χ1n) is 13.3. The number of halogens is 2. The number of anilines is 1. The summed E-state index contributed by atoms with van der Waals surface area (Å²) < 4.78 is 13.8. The van der Waals surface area contributed by atoms with E-state index in [9.17, 15) is 14.0 Å². The molecule has 9 heteroatoms. The molecule has 5 rings (SSSR count). The maximum Gasteiger partial charge on any atom is 0.255 e. The van der Waals surface area contributed by atoms with Crippen LogP contribution in [0.15, 0.2) is 42.5 Å². The van der Waals surface area contributed by atoms with Crippen LogP contribution in [0.25, 0.3) is 0 Å². The van der Waals surface area contributed by atoms with E-state index < -0.39 is 5.82 Å². The predicted molar refractivity (Wildman–Crippen MR) is 150 cm³/mol. The van der Waals surface area contributed by atoms with Gasteiger partial charge in [0.05, 0.1) is 16.6 Å². The molecule has 0 radical (unpaired) electrons. The third kappa shape index (κ3) is 5.48. The van der Waals surface area contributed by atoms with Crippen LogP contribution in [0.4, 0.5) is 10.2 Å². The standard InChI is InChI=1S/C30H33ClFN5O2/c1-18-15-28(34-19(2)33-18)37-13-11-23(12-14-37)35(3)29(38)21-6-5-20-7-10-27(24(20)16-21)36(4)30(39)25-17-22(32)8-9-26(25)31/h5-6,8-9,15-17,23,27H,7,10-14H2,1-4H3/t27-/m1/s1. The van der Waals surface area contributed by atoms with Gasteiger partial charge in [-0.25, -0.2) is 14.4 Å². The van der Waals surface area contributed by atoms with Gasteiger partial charge in [-0.1, -0.05) is 17.7 Å². The minimum Gasteiger partial charge on any atom is -0.356 e. The molecule has 0 N–H and O–H groups in total. The highest BCUT2D eigenvalue weighted by molar-refractivity contribution is 6.33. The molecule has 0 saturated carbocycles. The number of hydrogen-bond acceptors (Lipinski definition) is 5. The first kappa shape index (κ1) is 27.1. The number of nitrogens with zero attached hydrogens (tertiary/aromatic N) is 5. The van der Waals surface area contributed by atoms with Gasteiger partial charge in [0.25, 0.3) is 11.8 Å². The lowest BCUT2D eigenvalue weighted by atomic mass is 10.00. The first-order chi connectivity index (χ1) is 18.6. The first-order valence-corrected chi connectivity index (χ1v) is 13.7. The Labute approximate surface area is 233 Å². The summed E-state index contributed by atoms with van der Waals surface area (Å²) in [5.41, 5.74) is 3.78. The summed E-state index contributed by atoms with van der Waals surface area (Å²) >= 11 is 6.20. The van der Waals surface area contributed by atoms with Crippen LogP contribution in [0, 0.1) is 19.7 Å².